The molecule has 0 unspecified atom stereocenters. The lowest BCUT2D eigenvalue weighted by Crippen LogP contribution is -2.42. The number of hydrogen-bond donors (Lipinski definition) is 1. The Morgan fingerprint density at radius 2 is 2.13 bits per heavy atom. The minimum atomic E-state index is 0.112. The summed E-state index contributed by atoms with van der Waals surface area (Å²) < 4.78 is 5.03. The predicted molar refractivity (Wildman–Crippen MR) is 117 cm³/mol. The molecule has 3 heterocycles. The minimum absolute atomic E-state index is 0.112. The number of carbonyl (C=O) groups excluding carboxylic acids is 1. The fourth-order valence-corrected chi connectivity index (χ4v) is 5.63. The van der Waals surface area contributed by atoms with E-state index < -0.39 is 0 Å². The van der Waals surface area contributed by atoms with Crippen molar-refractivity contribution in [3.63, 3.8) is 0 Å². The molecule has 30 heavy (non-hydrogen) atoms. The molecule has 1 aromatic heterocycles. The highest BCUT2D eigenvalue weighted by Crippen LogP contribution is 2.51. The van der Waals surface area contributed by atoms with Crippen LogP contribution in [0.5, 0.6) is 0 Å². The van der Waals surface area contributed by atoms with Gasteiger partial charge < -0.3 is 15.0 Å². The van der Waals surface area contributed by atoms with E-state index >= 15 is 0 Å². The van der Waals surface area contributed by atoms with E-state index in [0.29, 0.717) is 12.3 Å². The lowest BCUT2D eigenvalue weighted by atomic mass is 9.74. The molecule has 6 heteroatoms. The third-order valence-corrected chi connectivity index (χ3v) is 7.16. The summed E-state index contributed by atoms with van der Waals surface area (Å²) in [4.78, 5) is 24.0. The van der Waals surface area contributed by atoms with E-state index in [4.69, 9.17) is 9.72 Å². The van der Waals surface area contributed by atoms with Gasteiger partial charge in [-0.2, -0.15) is 0 Å². The van der Waals surface area contributed by atoms with Crippen LogP contribution in [-0.2, 0) is 27.8 Å². The monoisotopic (exact) mass is 406 g/mol. The smallest absolute Gasteiger partial charge is 0.162 e. The van der Waals surface area contributed by atoms with Crippen molar-refractivity contribution >= 4 is 17.3 Å². The van der Waals surface area contributed by atoms with Gasteiger partial charge >= 0.3 is 0 Å². The van der Waals surface area contributed by atoms with E-state index in [9.17, 15) is 4.79 Å². The van der Waals surface area contributed by atoms with Crippen molar-refractivity contribution in [2.24, 2.45) is 0 Å². The summed E-state index contributed by atoms with van der Waals surface area (Å²) in [6.07, 6.45) is 6.57. The van der Waals surface area contributed by atoms with Crippen LogP contribution in [-0.4, -0.2) is 49.1 Å². The first-order valence-electron chi connectivity index (χ1n) is 11.1. The molecule has 1 aromatic carbocycles. The number of hydrogen-bond acceptors (Lipinski definition) is 6. The van der Waals surface area contributed by atoms with E-state index in [2.05, 4.69) is 40.3 Å². The second kappa shape index (κ2) is 7.75. The lowest BCUT2D eigenvalue weighted by molar-refractivity contribution is -0.121. The molecule has 1 spiro atoms. The summed E-state index contributed by atoms with van der Waals surface area (Å²) in [6, 6.07) is 6.58. The maximum atomic E-state index is 12.2. The van der Waals surface area contributed by atoms with Crippen LogP contribution in [0.15, 0.2) is 24.5 Å². The van der Waals surface area contributed by atoms with Gasteiger partial charge in [0.25, 0.3) is 0 Å². The van der Waals surface area contributed by atoms with Crippen molar-refractivity contribution in [2.75, 3.05) is 38.3 Å². The molecule has 2 aliphatic heterocycles. The number of nitrogens with zero attached hydrogens (tertiary/aromatic N) is 3. The van der Waals surface area contributed by atoms with Gasteiger partial charge in [0.1, 0.15) is 18.8 Å². The Kier molecular flexibility index (Phi) is 5.07. The fourth-order valence-electron chi connectivity index (χ4n) is 5.63. The van der Waals surface area contributed by atoms with Crippen molar-refractivity contribution in [3.05, 3.63) is 46.9 Å². The molecule has 1 fully saturated rings. The molecule has 2 aromatic rings. The molecule has 1 saturated heterocycles. The topological polar surface area (TPSA) is 67.3 Å². The van der Waals surface area contributed by atoms with Crippen molar-refractivity contribution in [1.29, 1.82) is 0 Å². The SMILES string of the molecule is COCC(=O)Cc1ccc2c(c1)C1(CCNCC1)CN2c1ncnc2c1[C@H](C)CC2. The maximum Gasteiger partial charge on any atom is 0.162 e. The molecule has 1 atom stereocenters. The third-order valence-electron chi connectivity index (χ3n) is 7.16. The molecule has 158 valence electrons. The van der Waals surface area contributed by atoms with Gasteiger partial charge in [0.05, 0.1) is 0 Å². The van der Waals surface area contributed by atoms with Gasteiger partial charge in [-0.25, -0.2) is 9.97 Å². The summed E-state index contributed by atoms with van der Waals surface area (Å²) in [5.41, 5.74) is 6.36. The summed E-state index contributed by atoms with van der Waals surface area (Å²) in [6.45, 7) is 5.47. The molecule has 1 aliphatic carbocycles. The van der Waals surface area contributed by atoms with Crippen LogP contribution >= 0.6 is 0 Å². The Morgan fingerprint density at radius 3 is 2.93 bits per heavy atom. The zero-order valence-corrected chi connectivity index (χ0v) is 17.9. The van der Waals surface area contributed by atoms with Gasteiger partial charge in [-0.05, 0) is 61.9 Å². The number of methoxy groups -OCH3 is 1. The first kappa shape index (κ1) is 19.6. The second-order valence-electron chi connectivity index (χ2n) is 9.11. The molecule has 0 bridgehead atoms. The second-order valence-corrected chi connectivity index (χ2v) is 9.11. The highest BCUT2D eigenvalue weighted by atomic mass is 16.5. The molecule has 0 radical (unpaired) electrons. The molecule has 3 aliphatic rings. The zero-order valence-electron chi connectivity index (χ0n) is 17.9. The summed E-state index contributed by atoms with van der Waals surface area (Å²) in [5.74, 6) is 1.70. The molecular weight excluding hydrogens is 376 g/mol. The molecule has 0 saturated carbocycles. The Balaban J connectivity index is 1.57. The highest BCUT2D eigenvalue weighted by molar-refractivity contribution is 5.83. The maximum absolute atomic E-state index is 12.2. The van der Waals surface area contributed by atoms with E-state index in [-0.39, 0.29) is 17.8 Å². The van der Waals surface area contributed by atoms with Crippen molar-refractivity contribution < 1.29 is 9.53 Å². The summed E-state index contributed by atoms with van der Waals surface area (Å²) in [7, 11) is 1.57. The summed E-state index contributed by atoms with van der Waals surface area (Å²) >= 11 is 0. The quantitative estimate of drug-likeness (QED) is 0.823. The van der Waals surface area contributed by atoms with E-state index in [1.165, 1.54) is 22.5 Å². The number of Topliss-reactive ketones (excluding diaryl/α,β-unsaturated/α-hetero) is 1. The average Bonchev–Trinajstić information content (AvgIpc) is 3.28. The van der Waals surface area contributed by atoms with Gasteiger partial charge in [0.2, 0.25) is 0 Å². The van der Waals surface area contributed by atoms with E-state index in [1.54, 1.807) is 13.4 Å². The molecular formula is C24H30N4O2. The molecule has 5 rings (SSSR count). The van der Waals surface area contributed by atoms with Gasteiger partial charge in [0, 0.05) is 42.4 Å². The molecule has 1 N–H and O–H groups in total. The number of anilines is 2. The predicted octanol–water partition coefficient (Wildman–Crippen LogP) is 3.06. The zero-order chi connectivity index (χ0) is 20.7. The number of benzene rings is 1. The number of nitrogens with one attached hydrogen (secondary N) is 1. The number of ketones is 1. The van der Waals surface area contributed by atoms with Crippen LogP contribution in [0.2, 0.25) is 0 Å². The van der Waals surface area contributed by atoms with E-state index in [1.807, 2.05) is 0 Å². The van der Waals surface area contributed by atoms with Crippen molar-refractivity contribution in [2.45, 2.75) is 50.4 Å². The number of aryl methyl sites for hydroxylation is 1. The Morgan fingerprint density at radius 1 is 1.30 bits per heavy atom. The number of fused-ring (bicyclic) bond motifs is 3. The Labute approximate surface area is 178 Å². The van der Waals surface area contributed by atoms with Crippen LogP contribution in [0.25, 0.3) is 0 Å². The minimum Gasteiger partial charge on any atom is -0.377 e. The normalized spacial score (nSPS) is 21.7. The first-order chi connectivity index (χ1) is 14.6. The van der Waals surface area contributed by atoms with Crippen molar-refractivity contribution in [3.8, 4) is 0 Å². The largest absolute Gasteiger partial charge is 0.377 e. The highest BCUT2D eigenvalue weighted by Gasteiger charge is 2.45. The fraction of sp³-hybridized carbons (Fsp3) is 0.542. The number of piperidine rings is 1. The van der Waals surface area contributed by atoms with Gasteiger partial charge in [-0.3, -0.25) is 4.79 Å². The average molecular weight is 407 g/mol. The first-order valence-corrected chi connectivity index (χ1v) is 11.1. The van der Waals surface area contributed by atoms with Crippen LogP contribution in [0, 0.1) is 0 Å². The Bertz CT molecular complexity index is 968. The van der Waals surface area contributed by atoms with Crippen LogP contribution in [0.1, 0.15) is 54.5 Å². The van der Waals surface area contributed by atoms with Crippen LogP contribution < -0.4 is 10.2 Å². The van der Waals surface area contributed by atoms with Gasteiger partial charge in [-0.15, -0.1) is 0 Å². The summed E-state index contributed by atoms with van der Waals surface area (Å²) in [5, 5.41) is 3.52. The molecule has 6 nitrogen and oxygen atoms in total. The third kappa shape index (κ3) is 3.22. The Hall–Kier alpha value is -2.31. The van der Waals surface area contributed by atoms with Gasteiger partial charge in [-0.1, -0.05) is 19.1 Å². The van der Waals surface area contributed by atoms with Gasteiger partial charge in [0.15, 0.2) is 5.78 Å². The number of carbonyl (C=O) groups is 1. The van der Waals surface area contributed by atoms with Crippen molar-refractivity contribution in [1.82, 2.24) is 15.3 Å². The number of ether oxygens (including phenoxy) is 1. The number of rotatable bonds is 5. The van der Waals surface area contributed by atoms with E-state index in [0.717, 1.165) is 56.7 Å². The number of aromatic nitrogens is 2. The molecule has 0 amide bonds. The lowest BCUT2D eigenvalue weighted by Gasteiger charge is -2.35. The van der Waals surface area contributed by atoms with Crippen LogP contribution in [0.4, 0.5) is 11.5 Å². The standard InChI is InChI=1S/C24H30N4O2/c1-16-3-5-20-22(16)23(27-15-26-20)28-14-24(7-9-25-10-8-24)19-12-17(4-6-21(19)28)11-18(29)13-30-2/h4,6,12,15-16,25H,3,5,7-11,13-14H2,1-2H3/t16-/m1/s1. The van der Waals surface area contributed by atoms with Crippen LogP contribution in [0.3, 0.4) is 0 Å².